The summed E-state index contributed by atoms with van der Waals surface area (Å²) in [5.41, 5.74) is 1.15. The molecule has 1 aliphatic rings. The van der Waals surface area contributed by atoms with E-state index in [-0.39, 0.29) is 5.78 Å². The second-order valence-electron chi connectivity index (χ2n) is 6.29. The molecular formula is C21H18O4. The van der Waals surface area contributed by atoms with E-state index in [1.807, 2.05) is 42.5 Å². The number of ether oxygens (including phenoxy) is 1. The van der Waals surface area contributed by atoms with Crippen LogP contribution in [0.4, 0.5) is 0 Å². The van der Waals surface area contributed by atoms with Gasteiger partial charge in [-0.3, -0.25) is 4.79 Å². The summed E-state index contributed by atoms with van der Waals surface area (Å²) in [5, 5.41) is 22.6. The third kappa shape index (κ3) is 3.07. The average molecular weight is 334 g/mol. The molecule has 0 unspecified atom stereocenters. The Labute approximate surface area is 145 Å². The van der Waals surface area contributed by atoms with Crippen molar-refractivity contribution in [1.82, 2.24) is 0 Å². The molecule has 4 nitrogen and oxygen atoms in total. The van der Waals surface area contributed by atoms with Crippen LogP contribution in [0.3, 0.4) is 0 Å². The van der Waals surface area contributed by atoms with Crippen LogP contribution in [0.1, 0.15) is 22.0 Å². The minimum absolute atomic E-state index is 0.171. The molecule has 3 aromatic rings. The Balaban J connectivity index is 1.49. The molecule has 4 rings (SSSR count). The predicted molar refractivity (Wildman–Crippen MR) is 94.3 cm³/mol. The van der Waals surface area contributed by atoms with Crippen LogP contribution in [0.25, 0.3) is 10.8 Å². The molecule has 2 N–H and O–H groups in total. The predicted octanol–water partition coefficient (Wildman–Crippen LogP) is 2.88. The molecule has 0 aliphatic carbocycles. The molecule has 126 valence electrons. The van der Waals surface area contributed by atoms with Crippen molar-refractivity contribution in [3.05, 3.63) is 83.9 Å². The number of aliphatic hydroxyl groups is 2. The second-order valence-corrected chi connectivity index (χ2v) is 6.29. The molecule has 1 fully saturated rings. The lowest BCUT2D eigenvalue weighted by Crippen LogP contribution is -2.27. The molecule has 0 saturated carbocycles. The van der Waals surface area contributed by atoms with Crippen LogP contribution in [0.5, 0.6) is 0 Å². The Hall–Kier alpha value is -2.53. The Kier molecular flexibility index (Phi) is 4.09. The zero-order chi connectivity index (χ0) is 17.4. The third-order valence-electron chi connectivity index (χ3n) is 4.62. The van der Waals surface area contributed by atoms with E-state index in [4.69, 9.17) is 4.74 Å². The topological polar surface area (TPSA) is 70.1 Å². The van der Waals surface area contributed by atoms with Crippen LogP contribution >= 0.6 is 0 Å². The molecule has 3 aromatic carbocycles. The van der Waals surface area contributed by atoms with Gasteiger partial charge in [-0.2, -0.15) is 0 Å². The number of epoxide rings is 1. The van der Waals surface area contributed by atoms with E-state index in [1.54, 1.807) is 30.3 Å². The molecular weight excluding hydrogens is 316 g/mol. The largest absolute Gasteiger partial charge is 0.387 e. The van der Waals surface area contributed by atoms with Crippen molar-refractivity contribution >= 4 is 16.6 Å². The molecule has 0 spiro atoms. The molecule has 0 aromatic heterocycles. The number of rotatable bonds is 5. The lowest BCUT2D eigenvalue weighted by atomic mass is 9.97. The van der Waals surface area contributed by atoms with Gasteiger partial charge in [0.2, 0.25) is 0 Å². The smallest absolute Gasteiger partial charge is 0.194 e. The van der Waals surface area contributed by atoms with Gasteiger partial charge in [0.05, 0.1) is 0 Å². The van der Waals surface area contributed by atoms with Crippen LogP contribution in [-0.4, -0.2) is 34.3 Å². The summed E-state index contributed by atoms with van der Waals surface area (Å²) in [5.74, 6) is -0.171. The molecule has 0 bridgehead atoms. The van der Waals surface area contributed by atoms with E-state index in [0.717, 1.165) is 10.8 Å². The molecule has 1 saturated heterocycles. The highest BCUT2D eigenvalue weighted by Gasteiger charge is 2.51. The highest BCUT2D eigenvalue weighted by molar-refractivity contribution is 6.04. The minimum atomic E-state index is -1.14. The van der Waals surface area contributed by atoms with E-state index in [2.05, 4.69) is 0 Å². The Bertz CT molecular complexity index is 906. The molecule has 1 heterocycles. The van der Waals surface area contributed by atoms with Crippen LogP contribution < -0.4 is 0 Å². The highest BCUT2D eigenvalue weighted by Crippen LogP contribution is 2.34. The fourth-order valence-electron chi connectivity index (χ4n) is 3.13. The van der Waals surface area contributed by atoms with E-state index in [1.165, 1.54) is 0 Å². The fourth-order valence-corrected chi connectivity index (χ4v) is 3.13. The number of Topliss-reactive ketones (excluding diaryl/α,β-unsaturated/α-hetero) is 1. The number of carbonyl (C=O) groups is 1. The number of carbonyl (C=O) groups excluding carboxylic acids is 1. The van der Waals surface area contributed by atoms with Crippen molar-refractivity contribution in [3.8, 4) is 0 Å². The van der Waals surface area contributed by atoms with Gasteiger partial charge in [0, 0.05) is 5.56 Å². The number of ketones is 1. The molecule has 25 heavy (non-hydrogen) atoms. The van der Waals surface area contributed by atoms with Gasteiger partial charge >= 0.3 is 0 Å². The molecule has 0 amide bonds. The first-order valence-electron chi connectivity index (χ1n) is 8.25. The maximum atomic E-state index is 12.6. The van der Waals surface area contributed by atoms with Crippen LogP contribution in [0.2, 0.25) is 0 Å². The molecule has 0 radical (unpaired) electrons. The summed E-state index contributed by atoms with van der Waals surface area (Å²) in [6.07, 6.45) is -3.62. The van der Waals surface area contributed by atoms with Gasteiger partial charge < -0.3 is 14.9 Å². The van der Waals surface area contributed by atoms with Crippen molar-refractivity contribution in [2.75, 3.05) is 0 Å². The van der Waals surface area contributed by atoms with Crippen LogP contribution in [0, 0.1) is 0 Å². The van der Waals surface area contributed by atoms with Crippen molar-refractivity contribution < 1.29 is 19.7 Å². The molecule has 4 atom stereocenters. The van der Waals surface area contributed by atoms with Gasteiger partial charge in [0.15, 0.2) is 5.78 Å². The van der Waals surface area contributed by atoms with Gasteiger partial charge in [-0.25, -0.2) is 0 Å². The number of benzene rings is 3. The summed E-state index contributed by atoms with van der Waals surface area (Å²) in [4.78, 5) is 12.6. The Morgan fingerprint density at radius 2 is 1.56 bits per heavy atom. The molecule has 1 aliphatic heterocycles. The van der Waals surface area contributed by atoms with Gasteiger partial charge in [-0.05, 0) is 22.4 Å². The minimum Gasteiger partial charge on any atom is -0.387 e. The van der Waals surface area contributed by atoms with Gasteiger partial charge in [-0.1, -0.05) is 66.7 Å². The summed E-state index contributed by atoms with van der Waals surface area (Å²) in [7, 11) is 0. The zero-order valence-electron chi connectivity index (χ0n) is 13.4. The SMILES string of the molecule is O=C(c1ccc2ccccc2c1)[C@H]1O[C@@H]1[C@H](O)[C@@H](O)c1ccccc1. The van der Waals surface area contributed by atoms with Gasteiger partial charge in [0.1, 0.15) is 24.4 Å². The summed E-state index contributed by atoms with van der Waals surface area (Å²) in [6.45, 7) is 0. The maximum absolute atomic E-state index is 12.6. The van der Waals surface area contributed by atoms with E-state index in [0.29, 0.717) is 11.1 Å². The van der Waals surface area contributed by atoms with Crippen LogP contribution in [-0.2, 0) is 4.74 Å². The monoisotopic (exact) mass is 334 g/mol. The first kappa shape index (κ1) is 16.0. The highest BCUT2D eigenvalue weighted by atomic mass is 16.6. The quantitative estimate of drug-likeness (QED) is 0.556. The van der Waals surface area contributed by atoms with Crippen molar-refractivity contribution in [2.45, 2.75) is 24.4 Å². The summed E-state index contributed by atoms with van der Waals surface area (Å²) < 4.78 is 5.39. The van der Waals surface area contributed by atoms with Crippen molar-refractivity contribution in [2.24, 2.45) is 0 Å². The lowest BCUT2D eigenvalue weighted by molar-refractivity contribution is 0.00157. The summed E-state index contributed by atoms with van der Waals surface area (Å²) in [6, 6.07) is 22.2. The maximum Gasteiger partial charge on any atom is 0.194 e. The van der Waals surface area contributed by atoms with Crippen molar-refractivity contribution in [1.29, 1.82) is 0 Å². The number of hydrogen-bond donors (Lipinski definition) is 2. The average Bonchev–Trinajstić information content (AvgIpc) is 3.47. The van der Waals surface area contributed by atoms with Crippen molar-refractivity contribution in [3.63, 3.8) is 0 Å². The number of fused-ring (bicyclic) bond motifs is 1. The first-order valence-corrected chi connectivity index (χ1v) is 8.25. The van der Waals surface area contributed by atoms with Gasteiger partial charge in [0.25, 0.3) is 0 Å². The Morgan fingerprint density at radius 1 is 0.880 bits per heavy atom. The third-order valence-corrected chi connectivity index (χ3v) is 4.62. The lowest BCUT2D eigenvalue weighted by Gasteiger charge is -2.16. The van der Waals surface area contributed by atoms with E-state index >= 15 is 0 Å². The first-order chi connectivity index (χ1) is 12.1. The molecule has 4 heteroatoms. The van der Waals surface area contributed by atoms with Gasteiger partial charge in [-0.15, -0.1) is 0 Å². The van der Waals surface area contributed by atoms with E-state index in [9.17, 15) is 15.0 Å². The standard InChI is InChI=1S/C21H18O4/c22-17(14-7-2-1-3-8-14)19(24)21-20(25-21)18(23)16-11-10-13-6-4-5-9-15(13)12-16/h1-12,17,19-22,24H/t17-,19+,20+,21+/m0/s1. The normalized spacial score (nSPS) is 21.7. The second kappa shape index (κ2) is 6.41. The van der Waals surface area contributed by atoms with E-state index < -0.39 is 24.4 Å². The summed E-state index contributed by atoms with van der Waals surface area (Å²) >= 11 is 0. The number of hydrogen-bond acceptors (Lipinski definition) is 4. The van der Waals surface area contributed by atoms with Crippen LogP contribution in [0.15, 0.2) is 72.8 Å². The Morgan fingerprint density at radius 3 is 2.32 bits per heavy atom. The fraction of sp³-hybridized carbons (Fsp3) is 0.190. The zero-order valence-corrected chi connectivity index (χ0v) is 13.4. The number of aliphatic hydroxyl groups excluding tert-OH is 2.